The molecule has 0 aliphatic carbocycles. The number of carboxylic acid groups (broad SMARTS) is 2. The molecule has 1 aromatic rings. The van der Waals surface area contributed by atoms with E-state index in [0.717, 1.165) is 0 Å². The summed E-state index contributed by atoms with van der Waals surface area (Å²) in [7, 11) is 0. The number of nitrogens with two attached hydrogens (primary N) is 4. The molecule has 0 spiro atoms. The average molecular weight is 1130 g/mol. The average Bonchev–Trinajstić information content (AvgIpc) is 4.08. The minimum Gasteiger partial charge on any atom is -0.481 e. The lowest BCUT2D eigenvalue weighted by Crippen LogP contribution is -2.61. The quantitative estimate of drug-likeness (QED) is 0.0299. The van der Waals surface area contributed by atoms with Crippen molar-refractivity contribution in [3.8, 4) is 0 Å². The number of carbonyl (C=O) groups excluding carboxylic acids is 12. The monoisotopic (exact) mass is 1130 g/mol. The fourth-order valence-electron chi connectivity index (χ4n) is 8.35. The number of aliphatic carboxylic acids is 2. The molecule has 446 valence electrons. The van der Waals surface area contributed by atoms with Crippen LogP contribution >= 0.6 is 0 Å². The Morgan fingerprint density at radius 1 is 0.625 bits per heavy atom. The van der Waals surface area contributed by atoms with E-state index in [1.54, 1.807) is 27.7 Å². The van der Waals surface area contributed by atoms with Gasteiger partial charge in [-0.05, 0) is 62.7 Å². The van der Waals surface area contributed by atoms with Crippen LogP contribution < -0.4 is 65.5 Å². The summed E-state index contributed by atoms with van der Waals surface area (Å²) < 4.78 is 0. The summed E-state index contributed by atoms with van der Waals surface area (Å²) in [4.78, 5) is 189. The summed E-state index contributed by atoms with van der Waals surface area (Å²) in [6, 6.07) is -12.9. The standard InChI is InChI=1S/C49H79N15O16/c1-23(2)16-31(45(75)62-33(49(79)80)19-37(53)67)61-47(77)40(25(5)6)63-44(74)30(11-14-39(69)70)59-43(73)29(10-13-36(52)66)60-46(76)34-8-7-15-64(34)48(78)32(17-24(3)4)57-38(68)21-55-42(72)28(9-12-35(51)65)58-41(71)27(50)18-26-20-54-22-56-26/h20,22-25,27-34,40H,7-19,21,50H2,1-6H3,(H2,51,65)(H2,52,66)(H2,53,67)(H,54,56)(H,55,72)(H,57,68)(H,58,71)(H,59,73)(H,60,76)(H,61,77)(H,62,75)(H,63,74)(H,69,70)(H,79,80)/t27-,28-,29-,30-,31-,32-,33-,34-,40-/m0/s1. The van der Waals surface area contributed by atoms with Crippen LogP contribution in [-0.2, 0) is 73.5 Å². The Morgan fingerprint density at radius 3 is 1.66 bits per heavy atom. The number of rotatable bonds is 36. The highest BCUT2D eigenvalue weighted by Gasteiger charge is 2.40. The van der Waals surface area contributed by atoms with Crippen molar-refractivity contribution in [2.24, 2.45) is 40.7 Å². The number of H-pyrrole nitrogens is 1. The van der Waals surface area contributed by atoms with E-state index in [4.69, 9.17) is 22.9 Å². The van der Waals surface area contributed by atoms with Gasteiger partial charge in [0, 0.05) is 44.1 Å². The van der Waals surface area contributed by atoms with E-state index in [-0.39, 0.29) is 63.3 Å². The predicted octanol–water partition coefficient (Wildman–Crippen LogP) is -5.12. The first-order chi connectivity index (χ1) is 37.4. The summed E-state index contributed by atoms with van der Waals surface area (Å²) in [6.45, 7) is 9.28. The van der Waals surface area contributed by atoms with Gasteiger partial charge < -0.3 is 85.6 Å². The molecule has 0 bridgehead atoms. The van der Waals surface area contributed by atoms with Crippen LogP contribution in [0, 0.1) is 17.8 Å². The molecule has 31 heteroatoms. The van der Waals surface area contributed by atoms with Crippen molar-refractivity contribution in [2.75, 3.05) is 13.1 Å². The number of aromatic nitrogens is 2. The lowest BCUT2D eigenvalue weighted by Gasteiger charge is -2.31. The summed E-state index contributed by atoms with van der Waals surface area (Å²) in [5.41, 5.74) is 22.4. The topological polar surface area (TPSA) is 512 Å². The number of hydrogen-bond donors (Lipinski definition) is 15. The van der Waals surface area contributed by atoms with Crippen LogP contribution in [0.2, 0.25) is 0 Å². The Kier molecular flexibility index (Phi) is 28.2. The van der Waals surface area contributed by atoms with E-state index in [2.05, 4.69) is 52.5 Å². The molecule has 0 aromatic carbocycles. The first-order valence-corrected chi connectivity index (χ1v) is 26.1. The van der Waals surface area contributed by atoms with Crippen LogP contribution in [0.4, 0.5) is 0 Å². The fourth-order valence-corrected chi connectivity index (χ4v) is 8.35. The van der Waals surface area contributed by atoms with E-state index in [1.807, 2.05) is 0 Å². The maximum atomic E-state index is 14.2. The molecule has 0 unspecified atom stereocenters. The number of likely N-dealkylation sites (tertiary alicyclic amines) is 1. The fraction of sp³-hybridized carbons (Fsp3) is 0.653. The molecular weight excluding hydrogens is 1050 g/mol. The third-order valence-electron chi connectivity index (χ3n) is 12.4. The lowest BCUT2D eigenvalue weighted by atomic mass is 9.99. The van der Waals surface area contributed by atoms with Crippen LogP contribution in [-0.4, -0.2) is 175 Å². The summed E-state index contributed by atoms with van der Waals surface area (Å²) in [5.74, 6) is -15.0. The summed E-state index contributed by atoms with van der Waals surface area (Å²) in [6.07, 6.45) is -0.225. The highest BCUT2D eigenvalue weighted by Crippen LogP contribution is 2.21. The number of hydrogen-bond acceptors (Lipinski definition) is 16. The molecule has 2 rings (SSSR count). The zero-order chi connectivity index (χ0) is 60.6. The normalized spacial score (nSPS) is 16.1. The van der Waals surface area contributed by atoms with Crippen LogP contribution in [0.3, 0.4) is 0 Å². The van der Waals surface area contributed by atoms with Crippen LogP contribution in [0.15, 0.2) is 12.5 Å². The molecule has 19 N–H and O–H groups in total. The molecule has 9 atom stereocenters. The van der Waals surface area contributed by atoms with Crippen molar-refractivity contribution in [1.82, 2.24) is 57.4 Å². The van der Waals surface area contributed by atoms with Gasteiger partial charge in [-0.25, -0.2) is 9.78 Å². The molecule has 1 aliphatic heterocycles. The maximum absolute atomic E-state index is 14.2. The van der Waals surface area contributed by atoms with E-state index in [1.165, 1.54) is 31.3 Å². The first kappa shape index (κ1) is 67.9. The van der Waals surface area contributed by atoms with E-state index < -0.39 is 182 Å². The highest BCUT2D eigenvalue weighted by atomic mass is 16.4. The lowest BCUT2D eigenvalue weighted by molar-refractivity contribution is -0.144. The zero-order valence-electron chi connectivity index (χ0n) is 45.8. The number of primary amides is 3. The number of amides is 12. The molecule has 31 nitrogen and oxygen atoms in total. The van der Waals surface area contributed by atoms with Crippen LogP contribution in [0.1, 0.15) is 118 Å². The van der Waals surface area contributed by atoms with Crippen LogP contribution in [0.25, 0.3) is 0 Å². The Bertz CT molecular complexity index is 2380. The molecule has 0 saturated carbocycles. The van der Waals surface area contributed by atoms with Crippen molar-refractivity contribution < 1.29 is 77.3 Å². The minimum atomic E-state index is -1.73. The third-order valence-corrected chi connectivity index (χ3v) is 12.4. The van der Waals surface area contributed by atoms with Gasteiger partial charge in [-0.2, -0.15) is 0 Å². The van der Waals surface area contributed by atoms with Gasteiger partial charge >= 0.3 is 11.9 Å². The predicted molar refractivity (Wildman–Crippen MR) is 280 cm³/mol. The number of imidazole rings is 1. The largest absolute Gasteiger partial charge is 0.481 e. The Hall–Kier alpha value is -8.25. The van der Waals surface area contributed by atoms with E-state index >= 15 is 0 Å². The number of carboxylic acids is 2. The van der Waals surface area contributed by atoms with Gasteiger partial charge in [0.15, 0.2) is 0 Å². The first-order valence-electron chi connectivity index (χ1n) is 26.1. The van der Waals surface area contributed by atoms with Gasteiger partial charge in [0.05, 0.1) is 25.3 Å². The number of nitrogens with zero attached hydrogens (tertiary/aromatic N) is 2. The Balaban J connectivity index is 2.30. The zero-order valence-corrected chi connectivity index (χ0v) is 45.8. The van der Waals surface area contributed by atoms with Crippen molar-refractivity contribution in [3.05, 3.63) is 18.2 Å². The van der Waals surface area contributed by atoms with Gasteiger partial charge in [-0.15, -0.1) is 0 Å². The van der Waals surface area contributed by atoms with Crippen molar-refractivity contribution >= 4 is 82.8 Å². The van der Waals surface area contributed by atoms with Crippen LogP contribution in [0.5, 0.6) is 0 Å². The smallest absolute Gasteiger partial charge is 0.326 e. The second-order valence-electron chi connectivity index (χ2n) is 20.7. The van der Waals surface area contributed by atoms with Crippen molar-refractivity contribution in [1.29, 1.82) is 0 Å². The molecular formula is C49H79N15O16. The second kappa shape index (κ2) is 33.2. The SMILES string of the molecule is CC(C)C[C@H](NC(=O)[C@@H](NC(=O)[C@H](CCC(=O)O)NC(=O)[C@H](CCC(N)=O)NC(=O)[C@@H]1CCCN1C(=O)[C@H](CC(C)C)NC(=O)CNC(=O)[C@H](CCC(N)=O)NC(=O)[C@@H](N)Cc1cnc[nH]1)C(C)C)C(=O)N[C@@H](CC(N)=O)C(=O)O. The summed E-state index contributed by atoms with van der Waals surface area (Å²) in [5, 5.41) is 38.5. The molecule has 1 fully saturated rings. The second-order valence-corrected chi connectivity index (χ2v) is 20.7. The molecule has 1 saturated heterocycles. The molecule has 1 aromatic heterocycles. The van der Waals surface area contributed by atoms with Crippen molar-refractivity contribution in [2.45, 2.75) is 173 Å². The Labute approximate surface area is 461 Å². The molecule has 0 radical (unpaired) electrons. The van der Waals surface area contributed by atoms with E-state index in [0.29, 0.717) is 5.69 Å². The van der Waals surface area contributed by atoms with Gasteiger partial charge in [0.25, 0.3) is 0 Å². The number of aromatic amines is 1. The summed E-state index contributed by atoms with van der Waals surface area (Å²) >= 11 is 0. The minimum absolute atomic E-state index is 0.0170. The molecule has 80 heavy (non-hydrogen) atoms. The van der Waals surface area contributed by atoms with Gasteiger partial charge in [0.1, 0.15) is 48.3 Å². The Morgan fingerprint density at radius 2 is 1.14 bits per heavy atom. The molecule has 2 heterocycles. The highest BCUT2D eigenvalue weighted by molar-refractivity contribution is 5.99. The number of nitrogens with one attached hydrogen (secondary N) is 9. The molecule has 12 amide bonds. The maximum Gasteiger partial charge on any atom is 0.326 e. The van der Waals surface area contributed by atoms with Crippen molar-refractivity contribution in [3.63, 3.8) is 0 Å². The van der Waals surface area contributed by atoms with Gasteiger partial charge in [-0.3, -0.25) is 62.3 Å². The third kappa shape index (κ3) is 24.2. The molecule has 1 aliphatic rings. The van der Waals surface area contributed by atoms with Gasteiger partial charge in [-0.1, -0.05) is 41.5 Å². The van der Waals surface area contributed by atoms with E-state index in [9.17, 15) is 77.3 Å². The van der Waals surface area contributed by atoms with Gasteiger partial charge in [0.2, 0.25) is 70.9 Å². The number of carbonyl (C=O) groups is 14.